The molecule has 0 aromatic carbocycles. The summed E-state index contributed by atoms with van der Waals surface area (Å²) in [6.07, 6.45) is 4.31. The Bertz CT molecular complexity index is 1040. The van der Waals surface area contributed by atoms with Crippen molar-refractivity contribution in [2.75, 3.05) is 45.4 Å². The van der Waals surface area contributed by atoms with Crippen LogP contribution in [-0.4, -0.2) is 65.1 Å². The molecule has 3 aromatic rings. The molecule has 0 fully saturated rings. The van der Waals surface area contributed by atoms with Gasteiger partial charge in [0.2, 0.25) is 5.88 Å². The van der Waals surface area contributed by atoms with Crippen molar-refractivity contribution in [3.8, 4) is 17.0 Å². The lowest BCUT2D eigenvalue weighted by molar-refractivity contribution is 0.127. The van der Waals surface area contributed by atoms with Gasteiger partial charge in [-0.3, -0.25) is 9.36 Å². The van der Waals surface area contributed by atoms with Crippen LogP contribution < -0.4 is 15.2 Å². The molecule has 3 aromatic heterocycles. The zero-order valence-electron chi connectivity index (χ0n) is 17.5. The molecular formula is C21H27N5O4. The summed E-state index contributed by atoms with van der Waals surface area (Å²) in [4.78, 5) is 28.0. The van der Waals surface area contributed by atoms with E-state index in [4.69, 9.17) is 9.47 Å². The number of methoxy groups -OCH3 is 1. The third-order valence-electron chi connectivity index (χ3n) is 4.67. The molecular weight excluding hydrogens is 386 g/mol. The predicted molar refractivity (Wildman–Crippen MR) is 115 cm³/mol. The normalized spacial score (nSPS) is 11.1. The molecule has 0 unspecified atom stereocenters. The summed E-state index contributed by atoms with van der Waals surface area (Å²) in [6, 6.07) is 5.55. The van der Waals surface area contributed by atoms with Crippen LogP contribution in [0, 0.1) is 0 Å². The van der Waals surface area contributed by atoms with Gasteiger partial charge in [-0.1, -0.05) is 6.92 Å². The van der Waals surface area contributed by atoms with Gasteiger partial charge in [-0.15, -0.1) is 0 Å². The molecule has 0 atom stereocenters. The Morgan fingerprint density at radius 2 is 1.97 bits per heavy atom. The number of ether oxygens (including phenoxy) is 2. The maximum Gasteiger partial charge on any atom is 0.294 e. The second-order valence-corrected chi connectivity index (χ2v) is 6.81. The van der Waals surface area contributed by atoms with E-state index in [2.05, 4.69) is 15.0 Å². The molecule has 0 radical (unpaired) electrons. The van der Waals surface area contributed by atoms with Gasteiger partial charge in [0, 0.05) is 56.3 Å². The molecule has 160 valence electrons. The minimum atomic E-state index is -0.245. The van der Waals surface area contributed by atoms with Crippen molar-refractivity contribution in [2.24, 2.45) is 0 Å². The van der Waals surface area contributed by atoms with Gasteiger partial charge in [-0.25, -0.2) is 15.0 Å². The zero-order chi connectivity index (χ0) is 21.5. The maximum absolute atomic E-state index is 13.2. The molecule has 9 heteroatoms. The summed E-state index contributed by atoms with van der Waals surface area (Å²) in [7, 11) is 3.29. The first-order valence-corrected chi connectivity index (χ1v) is 9.89. The number of fused-ring (bicyclic) bond motifs is 1. The van der Waals surface area contributed by atoms with Gasteiger partial charge >= 0.3 is 0 Å². The molecule has 0 aliphatic heterocycles. The highest BCUT2D eigenvalue weighted by atomic mass is 16.5. The molecule has 0 bridgehead atoms. The smallest absolute Gasteiger partial charge is 0.294 e. The van der Waals surface area contributed by atoms with Crippen molar-refractivity contribution in [1.82, 2.24) is 19.5 Å². The van der Waals surface area contributed by atoms with E-state index < -0.39 is 0 Å². The highest BCUT2D eigenvalue weighted by Gasteiger charge is 2.16. The first kappa shape index (κ1) is 21.7. The molecule has 3 rings (SSSR count). The minimum absolute atomic E-state index is 0.0773. The second kappa shape index (κ2) is 10.1. The van der Waals surface area contributed by atoms with E-state index in [1.165, 1.54) is 0 Å². The quantitative estimate of drug-likeness (QED) is 0.501. The fourth-order valence-electron chi connectivity index (χ4n) is 3.07. The van der Waals surface area contributed by atoms with E-state index in [-0.39, 0.29) is 18.0 Å². The van der Waals surface area contributed by atoms with Crippen LogP contribution in [0.3, 0.4) is 0 Å². The van der Waals surface area contributed by atoms with Crippen LogP contribution in [-0.2, 0) is 11.3 Å². The van der Waals surface area contributed by atoms with E-state index in [1.807, 2.05) is 19.1 Å². The van der Waals surface area contributed by atoms with Gasteiger partial charge in [0.05, 0.1) is 25.8 Å². The Morgan fingerprint density at radius 1 is 1.17 bits per heavy atom. The Labute approximate surface area is 174 Å². The SMILES string of the molecule is CCCOCCn1c(=O)c(N(C)CCO)nc2ncc(-c3ccc(OC)nc3)cc21. The number of hydrogen-bond donors (Lipinski definition) is 1. The first-order valence-electron chi connectivity index (χ1n) is 9.89. The number of rotatable bonds is 10. The number of aliphatic hydroxyl groups is 1. The molecule has 1 N–H and O–H groups in total. The molecule has 3 heterocycles. The zero-order valence-corrected chi connectivity index (χ0v) is 17.5. The van der Waals surface area contributed by atoms with Gasteiger partial charge in [-0.05, 0) is 18.6 Å². The van der Waals surface area contributed by atoms with E-state index in [0.29, 0.717) is 43.3 Å². The highest BCUT2D eigenvalue weighted by molar-refractivity contribution is 5.79. The van der Waals surface area contributed by atoms with Crippen LogP contribution >= 0.6 is 0 Å². The number of aliphatic hydroxyl groups excluding tert-OH is 1. The lowest BCUT2D eigenvalue weighted by atomic mass is 10.1. The third kappa shape index (κ3) is 4.74. The summed E-state index contributed by atoms with van der Waals surface area (Å²) in [5, 5.41) is 9.24. The lowest BCUT2D eigenvalue weighted by Gasteiger charge is -2.19. The average Bonchev–Trinajstić information content (AvgIpc) is 2.77. The molecule has 0 amide bonds. The van der Waals surface area contributed by atoms with E-state index in [0.717, 1.165) is 17.5 Å². The van der Waals surface area contributed by atoms with Crippen molar-refractivity contribution in [2.45, 2.75) is 19.9 Å². The monoisotopic (exact) mass is 413 g/mol. The summed E-state index contributed by atoms with van der Waals surface area (Å²) in [5.41, 5.74) is 2.50. The summed E-state index contributed by atoms with van der Waals surface area (Å²) in [6.45, 7) is 3.68. The topological polar surface area (TPSA) is 103 Å². The average molecular weight is 413 g/mol. The maximum atomic E-state index is 13.2. The lowest BCUT2D eigenvalue weighted by Crippen LogP contribution is -2.33. The van der Waals surface area contributed by atoms with E-state index in [1.54, 1.807) is 42.1 Å². The number of pyridine rings is 2. The standard InChI is InChI=1S/C21H27N5O4/c1-4-10-30-11-8-26-17-12-16(15-5-6-18(29-3)22-13-15)14-23-19(17)24-20(21(26)28)25(2)7-9-27/h5-6,12-14,27H,4,7-11H2,1-3H3. The molecule has 0 aliphatic carbocycles. The Kier molecular flexibility index (Phi) is 7.31. The van der Waals surface area contributed by atoms with Crippen LogP contribution in [0.15, 0.2) is 35.4 Å². The van der Waals surface area contributed by atoms with Crippen LogP contribution in [0.4, 0.5) is 5.82 Å². The summed E-state index contributed by atoms with van der Waals surface area (Å²) < 4.78 is 12.3. The fraction of sp³-hybridized carbons (Fsp3) is 0.429. The summed E-state index contributed by atoms with van der Waals surface area (Å²) in [5.74, 6) is 0.772. The van der Waals surface area contributed by atoms with Crippen molar-refractivity contribution in [3.05, 3.63) is 40.9 Å². The Morgan fingerprint density at radius 3 is 2.63 bits per heavy atom. The van der Waals surface area contributed by atoms with Gasteiger partial charge < -0.3 is 19.5 Å². The van der Waals surface area contributed by atoms with Gasteiger partial charge in [-0.2, -0.15) is 0 Å². The van der Waals surface area contributed by atoms with E-state index >= 15 is 0 Å². The number of likely N-dealkylation sites (N-methyl/N-ethyl adjacent to an activating group) is 1. The number of aromatic nitrogens is 4. The van der Waals surface area contributed by atoms with Gasteiger partial charge in [0.25, 0.3) is 5.56 Å². The molecule has 9 nitrogen and oxygen atoms in total. The first-order chi connectivity index (χ1) is 14.6. The molecule has 0 spiro atoms. The Hall–Kier alpha value is -3.04. The van der Waals surface area contributed by atoms with E-state index in [9.17, 15) is 9.90 Å². The van der Waals surface area contributed by atoms with Crippen LogP contribution in [0.25, 0.3) is 22.3 Å². The molecule has 0 saturated heterocycles. The third-order valence-corrected chi connectivity index (χ3v) is 4.67. The van der Waals surface area contributed by atoms with Crippen LogP contribution in [0.5, 0.6) is 5.88 Å². The van der Waals surface area contributed by atoms with Crippen molar-refractivity contribution in [1.29, 1.82) is 0 Å². The fourth-order valence-corrected chi connectivity index (χ4v) is 3.07. The number of anilines is 1. The predicted octanol–water partition coefficient (Wildman–Crippen LogP) is 1.72. The molecule has 30 heavy (non-hydrogen) atoms. The van der Waals surface area contributed by atoms with Crippen LogP contribution in [0.2, 0.25) is 0 Å². The van der Waals surface area contributed by atoms with Gasteiger partial charge in [0.15, 0.2) is 11.5 Å². The highest BCUT2D eigenvalue weighted by Crippen LogP contribution is 2.23. The number of nitrogens with zero attached hydrogens (tertiary/aromatic N) is 5. The Balaban J connectivity index is 2.08. The molecule has 0 saturated carbocycles. The molecule has 0 aliphatic rings. The van der Waals surface area contributed by atoms with Gasteiger partial charge in [0.1, 0.15) is 0 Å². The van der Waals surface area contributed by atoms with Crippen molar-refractivity contribution in [3.63, 3.8) is 0 Å². The largest absolute Gasteiger partial charge is 0.481 e. The second-order valence-electron chi connectivity index (χ2n) is 6.81. The van der Waals surface area contributed by atoms with Crippen LogP contribution in [0.1, 0.15) is 13.3 Å². The summed E-state index contributed by atoms with van der Waals surface area (Å²) >= 11 is 0. The number of hydrogen-bond acceptors (Lipinski definition) is 8. The van der Waals surface area contributed by atoms with Crippen molar-refractivity contribution < 1.29 is 14.6 Å². The van der Waals surface area contributed by atoms with Crippen molar-refractivity contribution >= 4 is 17.0 Å². The minimum Gasteiger partial charge on any atom is -0.481 e.